The Labute approximate surface area is 286 Å². The third-order valence-corrected chi connectivity index (χ3v) is 13.4. The number of nitrogens with one attached hydrogen (secondary N) is 1. The zero-order chi connectivity index (χ0) is 33.0. The number of hydrogen-bond acceptors (Lipinski definition) is 9. The number of hydrogen-bond donors (Lipinski definition) is 1. The third kappa shape index (κ3) is 5.71. The summed E-state index contributed by atoms with van der Waals surface area (Å²) in [5, 5.41) is 4.76. The standard InChI is InChI=1S/C38H41N5O3S2/c1-22(2)27-21-48(44,45)37-34(32-20-25-11-16-41-38(36(25)47-32)43-29-9-8-28-26(29)5-4-14-39-28)33(31-19-23(3)10-15-40-31)30(42-35(27)37)7-6-24-12-17-46-18-13-24/h4-5,10-11,14-16,19-20,22,24,27,29H,6-9,12-13,17-18,21H2,1-3H3,(H,41,43)/t27-,29+/m0/s1. The van der Waals surface area contributed by atoms with Crippen LogP contribution in [0.25, 0.3) is 31.8 Å². The normalized spacial score (nSPS) is 20.3. The minimum Gasteiger partial charge on any atom is -0.381 e. The highest BCUT2D eigenvalue weighted by molar-refractivity contribution is 7.92. The van der Waals surface area contributed by atoms with E-state index in [0.717, 1.165) is 112 Å². The molecule has 1 aliphatic carbocycles. The SMILES string of the molecule is Cc1ccnc(-c2c(CCC3CCOCC3)nc3c(c2-c2cc4ccnc(N[C@@H]5CCc6ncccc65)c4s2)S(=O)(=O)C[C@H]3C(C)C)c1. The summed E-state index contributed by atoms with van der Waals surface area (Å²) < 4.78 is 35.2. The minimum atomic E-state index is -3.61. The number of fused-ring (bicyclic) bond motifs is 3. The molecule has 10 heteroatoms. The summed E-state index contributed by atoms with van der Waals surface area (Å²) in [7, 11) is -3.61. The topological polar surface area (TPSA) is 107 Å². The number of rotatable bonds is 8. The molecule has 248 valence electrons. The molecule has 1 fully saturated rings. The molecule has 2 atom stereocenters. The van der Waals surface area contributed by atoms with Crippen LogP contribution in [0.3, 0.4) is 0 Å². The van der Waals surface area contributed by atoms with Gasteiger partial charge in [0.15, 0.2) is 9.84 Å². The van der Waals surface area contributed by atoms with Gasteiger partial charge in [0.25, 0.3) is 0 Å². The Hall–Kier alpha value is -3.73. The molecule has 5 aromatic rings. The molecular formula is C38H41N5O3S2. The predicted octanol–water partition coefficient (Wildman–Crippen LogP) is 8.11. The van der Waals surface area contributed by atoms with E-state index in [1.807, 2.05) is 36.8 Å². The van der Waals surface area contributed by atoms with Crippen molar-refractivity contribution in [3.05, 3.63) is 83.2 Å². The van der Waals surface area contributed by atoms with Crippen LogP contribution in [0.5, 0.6) is 0 Å². The number of thiophene rings is 1. The number of aromatic nitrogens is 4. The van der Waals surface area contributed by atoms with Crippen molar-refractivity contribution in [2.24, 2.45) is 11.8 Å². The van der Waals surface area contributed by atoms with Crippen LogP contribution in [0.1, 0.15) is 79.7 Å². The third-order valence-electron chi connectivity index (χ3n) is 10.4. The van der Waals surface area contributed by atoms with Crippen LogP contribution < -0.4 is 5.32 Å². The van der Waals surface area contributed by atoms with Crippen molar-refractivity contribution in [3.63, 3.8) is 0 Å². The van der Waals surface area contributed by atoms with Crippen LogP contribution in [-0.2, 0) is 27.4 Å². The average molecular weight is 680 g/mol. The highest BCUT2D eigenvalue weighted by Crippen LogP contribution is 2.51. The van der Waals surface area contributed by atoms with Gasteiger partial charge in [-0.1, -0.05) is 19.9 Å². The van der Waals surface area contributed by atoms with Crippen LogP contribution in [0.15, 0.2) is 59.9 Å². The van der Waals surface area contributed by atoms with Gasteiger partial charge in [-0.3, -0.25) is 15.0 Å². The fourth-order valence-electron chi connectivity index (χ4n) is 7.77. The highest BCUT2D eigenvalue weighted by atomic mass is 32.2. The minimum absolute atomic E-state index is 0.0818. The van der Waals surface area contributed by atoms with Crippen LogP contribution >= 0.6 is 11.3 Å². The van der Waals surface area contributed by atoms with Gasteiger partial charge < -0.3 is 10.1 Å². The molecule has 3 aliphatic rings. The maximum Gasteiger partial charge on any atom is 0.181 e. The number of anilines is 1. The number of nitrogens with zero attached hydrogens (tertiary/aromatic N) is 4. The maximum absolute atomic E-state index is 14.3. The predicted molar refractivity (Wildman–Crippen MR) is 191 cm³/mol. The Morgan fingerprint density at radius 2 is 1.83 bits per heavy atom. The van der Waals surface area contributed by atoms with Crippen molar-refractivity contribution < 1.29 is 13.2 Å². The molecule has 48 heavy (non-hydrogen) atoms. The number of aryl methyl sites for hydroxylation is 3. The lowest BCUT2D eigenvalue weighted by Gasteiger charge is -2.23. The first-order valence-corrected chi connectivity index (χ1v) is 19.6. The average Bonchev–Trinajstić information content (AvgIpc) is 3.78. The lowest BCUT2D eigenvalue weighted by Crippen LogP contribution is -2.17. The molecule has 0 radical (unpaired) electrons. The van der Waals surface area contributed by atoms with E-state index in [1.165, 1.54) is 5.56 Å². The quantitative estimate of drug-likeness (QED) is 0.175. The summed E-state index contributed by atoms with van der Waals surface area (Å²) in [5.41, 5.74) is 7.47. The second kappa shape index (κ2) is 12.6. The number of sulfone groups is 1. The van der Waals surface area contributed by atoms with Crippen LogP contribution in [0.2, 0.25) is 0 Å². The molecule has 0 aromatic carbocycles. The van der Waals surface area contributed by atoms with E-state index in [1.54, 1.807) is 11.3 Å². The first-order valence-electron chi connectivity index (χ1n) is 17.2. The van der Waals surface area contributed by atoms with Crippen LogP contribution in [-0.4, -0.2) is 47.3 Å². The van der Waals surface area contributed by atoms with Crippen molar-refractivity contribution in [1.82, 2.24) is 19.9 Å². The van der Waals surface area contributed by atoms with Gasteiger partial charge in [-0.2, -0.15) is 0 Å². The molecule has 0 bridgehead atoms. The summed E-state index contributed by atoms with van der Waals surface area (Å²) in [4.78, 5) is 20.9. The Balaban J connectivity index is 1.33. The number of ether oxygens (including phenoxy) is 1. The number of pyridine rings is 4. The fourth-order valence-corrected chi connectivity index (χ4v) is 11.2. The molecule has 2 aliphatic heterocycles. The summed E-state index contributed by atoms with van der Waals surface area (Å²) in [6.07, 6.45) is 11.2. The Morgan fingerprint density at radius 3 is 2.65 bits per heavy atom. The molecule has 5 aromatic heterocycles. The summed E-state index contributed by atoms with van der Waals surface area (Å²) in [6, 6.07) is 12.5. The molecule has 0 unspecified atom stereocenters. The van der Waals surface area contributed by atoms with E-state index in [0.29, 0.717) is 10.8 Å². The van der Waals surface area contributed by atoms with Crippen molar-refractivity contribution in [1.29, 1.82) is 0 Å². The molecular weight excluding hydrogens is 639 g/mol. The first kappa shape index (κ1) is 31.5. The van der Waals surface area contributed by atoms with Gasteiger partial charge >= 0.3 is 0 Å². The van der Waals surface area contributed by atoms with Gasteiger partial charge in [-0.15, -0.1) is 11.3 Å². The molecule has 1 saturated heterocycles. The van der Waals surface area contributed by atoms with Crippen molar-refractivity contribution in [2.75, 3.05) is 24.3 Å². The molecule has 0 saturated carbocycles. The summed E-state index contributed by atoms with van der Waals surface area (Å²) >= 11 is 1.61. The lowest BCUT2D eigenvalue weighted by molar-refractivity contribution is 0.0639. The Morgan fingerprint density at radius 1 is 1.00 bits per heavy atom. The van der Waals surface area contributed by atoms with Crippen LogP contribution in [0.4, 0.5) is 5.82 Å². The van der Waals surface area contributed by atoms with E-state index >= 15 is 0 Å². The van der Waals surface area contributed by atoms with Gasteiger partial charge in [-0.05, 0) is 104 Å². The van der Waals surface area contributed by atoms with E-state index in [-0.39, 0.29) is 23.6 Å². The molecule has 1 N–H and O–H groups in total. The van der Waals surface area contributed by atoms with Gasteiger partial charge in [-0.25, -0.2) is 13.4 Å². The molecule has 0 amide bonds. The van der Waals surface area contributed by atoms with Gasteiger partial charge in [0.05, 0.1) is 38.5 Å². The fraction of sp³-hybridized carbons (Fsp3) is 0.421. The lowest BCUT2D eigenvalue weighted by atomic mass is 9.88. The Kier molecular flexibility index (Phi) is 8.29. The summed E-state index contributed by atoms with van der Waals surface area (Å²) in [5.74, 6) is 1.43. The van der Waals surface area contributed by atoms with Gasteiger partial charge in [0.1, 0.15) is 5.82 Å². The van der Waals surface area contributed by atoms with E-state index in [2.05, 4.69) is 49.3 Å². The maximum atomic E-state index is 14.3. The summed E-state index contributed by atoms with van der Waals surface area (Å²) in [6.45, 7) is 7.85. The van der Waals surface area contributed by atoms with Crippen molar-refractivity contribution >= 4 is 37.1 Å². The first-order chi connectivity index (χ1) is 23.3. The largest absolute Gasteiger partial charge is 0.381 e. The zero-order valence-corrected chi connectivity index (χ0v) is 29.3. The van der Waals surface area contributed by atoms with Crippen molar-refractivity contribution in [3.8, 4) is 21.7 Å². The van der Waals surface area contributed by atoms with Crippen molar-refractivity contribution in [2.45, 2.75) is 76.2 Å². The Bertz CT molecular complexity index is 2120. The second-order valence-corrected chi connectivity index (χ2v) is 17.0. The monoisotopic (exact) mass is 679 g/mol. The zero-order valence-electron chi connectivity index (χ0n) is 27.7. The highest BCUT2D eigenvalue weighted by Gasteiger charge is 2.42. The van der Waals surface area contributed by atoms with E-state index < -0.39 is 9.84 Å². The molecule has 8 rings (SSSR count). The smallest absolute Gasteiger partial charge is 0.181 e. The molecule has 0 spiro atoms. The van der Waals surface area contributed by atoms with Gasteiger partial charge in [0.2, 0.25) is 0 Å². The van der Waals surface area contributed by atoms with E-state index in [9.17, 15) is 8.42 Å². The molecule has 8 nitrogen and oxygen atoms in total. The van der Waals surface area contributed by atoms with Gasteiger partial charge in [0, 0.05) is 59.4 Å². The molecule has 7 heterocycles. The van der Waals surface area contributed by atoms with Crippen LogP contribution in [0, 0.1) is 18.8 Å². The van der Waals surface area contributed by atoms with E-state index in [4.69, 9.17) is 19.7 Å². The second-order valence-electron chi connectivity index (χ2n) is 13.9.